The number of hydrogen-bond acceptors (Lipinski definition) is 13. The van der Waals surface area contributed by atoms with Crippen molar-refractivity contribution in [2.24, 2.45) is 0 Å². The Labute approximate surface area is 355 Å². The van der Waals surface area contributed by atoms with Gasteiger partial charge in [0.25, 0.3) is 0 Å². The Hall–Kier alpha value is -2.61. The number of ether oxygens (including phenoxy) is 3. The van der Waals surface area contributed by atoms with Gasteiger partial charge in [-0.1, -0.05) is 37.4 Å². The Balaban J connectivity index is 0.000000153. The molecule has 4 fully saturated rings. The fourth-order valence-corrected chi connectivity index (χ4v) is 11.2. The van der Waals surface area contributed by atoms with Crippen LogP contribution in [0.4, 0.5) is 25.2 Å². The minimum Gasteiger partial charge on any atom is -0.444 e. The van der Waals surface area contributed by atoms with Crippen LogP contribution in [-0.2, 0) is 40.6 Å². The van der Waals surface area contributed by atoms with Crippen LogP contribution in [0.5, 0.6) is 0 Å². The SMILES string of the molecule is CCSc1nc(N2C[C@H]3C[C@@H]2CN3)c2c3c(c(Br)c(F)c2n1)COC3.CCSc1nc(N2C[C@H]3C[C@@H]2CN3C(=O)OC(C)(C)C)c2c3c(c(Br)c(F)c2n1)COC3. The van der Waals surface area contributed by atoms with E-state index < -0.39 is 5.60 Å². The minimum absolute atomic E-state index is 0.0479. The molecule has 0 unspecified atom stereocenters. The second kappa shape index (κ2) is 15.4. The van der Waals surface area contributed by atoms with Gasteiger partial charge in [-0.25, -0.2) is 33.5 Å². The van der Waals surface area contributed by atoms with E-state index in [9.17, 15) is 4.79 Å². The molecular weight excluding hydrogens is 906 g/mol. The predicted octanol–water partition coefficient (Wildman–Crippen LogP) is 8.10. The van der Waals surface area contributed by atoms with Gasteiger partial charge in [0.1, 0.15) is 28.3 Å². The van der Waals surface area contributed by atoms with Crippen molar-refractivity contribution in [1.82, 2.24) is 30.2 Å². The third-order valence-electron chi connectivity index (χ3n) is 11.4. The highest BCUT2D eigenvalue weighted by Gasteiger charge is 2.48. The molecule has 4 saturated heterocycles. The summed E-state index contributed by atoms with van der Waals surface area (Å²) in [5, 5.41) is 6.29. The molecular formula is C39H44Br2F2N8O4S2. The molecule has 0 spiro atoms. The number of rotatable bonds is 6. The van der Waals surface area contributed by atoms with E-state index in [4.69, 9.17) is 24.2 Å². The smallest absolute Gasteiger partial charge is 0.410 e. The van der Waals surface area contributed by atoms with Gasteiger partial charge >= 0.3 is 6.09 Å². The van der Waals surface area contributed by atoms with Crippen LogP contribution in [0.25, 0.3) is 21.8 Å². The molecule has 18 heteroatoms. The van der Waals surface area contributed by atoms with Crippen LogP contribution in [0.1, 0.15) is 69.7 Å². The standard InChI is InChI=1S/C22H26BrFN4O3S.C17H18BrFN4OS/c1-5-32-20-25-18-15(13-9-30-10-14(13)16(23)17(18)24)19(26-20)27-7-12-6-11(27)8-28(12)21(29)31-22(2,3)4;1-2-25-17-21-15-12(10-6-24-7-11(10)13(18)14(15)19)16(22-17)23-5-8-3-9(23)4-20-8/h11-12H,5-10H2,1-4H3;8-9,20H,2-7H2,1H3/t11-,12-;8-,9-/m11/s1. The zero-order valence-corrected chi connectivity index (χ0v) is 37.2. The van der Waals surface area contributed by atoms with Crippen LogP contribution in [0.15, 0.2) is 19.3 Å². The van der Waals surface area contributed by atoms with Crippen molar-refractivity contribution >= 4 is 94.9 Å². The van der Waals surface area contributed by atoms with Gasteiger partial charge in [-0.15, -0.1) is 0 Å². The molecule has 4 bridgehead atoms. The largest absolute Gasteiger partial charge is 0.444 e. The van der Waals surface area contributed by atoms with Crippen LogP contribution in [0, 0.1) is 11.6 Å². The van der Waals surface area contributed by atoms with E-state index in [1.165, 1.54) is 11.8 Å². The van der Waals surface area contributed by atoms with Crippen molar-refractivity contribution in [3.63, 3.8) is 0 Å². The Morgan fingerprint density at radius 1 is 0.772 bits per heavy atom. The molecule has 0 aliphatic carbocycles. The average Bonchev–Trinajstić information content (AvgIpc) is 4.04. The van der Waals surface area contributed by atoms with E-state index in [2.05, 4.69) is 63.9 Å². The minimum atomic E-state index is -0.529. The Kier molecular flexibility index (Phi) is 10.8. The molecule has 4 aromatic rings. The van der Waals surface area contributed by atoms with E-state index in [0.717, 1.165) is 82.1 Å². The maximum absolute atomic E-state index is 15.4. The first-order valence-electron chi connectivity index (χ1n) is 19.4. The first kappa shape index (κ1) is 39.8. The number of halogens is 4. The number of carbonyl (C=O) groups is 1. The number of amides is 1. The zero-order chi connectivity index (χ0) is 39.9. The van der Waals surface area contributed by atoms with Crippen LogP contribution >= 0.6 is 55.4 Å². The molecule has 0 saturated carbocycles. The summed E-state index contributed by atoms with van der Waals surface area (Å²) >= 11 is 9.87. The molecule has 6 aliphatic heterocycles. The fourth-order valence-electron chi connectivity index (χ4n) is 8.99. The fraction of sp³-hybridized carbons (Fsp3) is 0.564. The van der Waals surface area contributed by atoms with E-state index in [-0.39, 0.29) is 29.8 Å². The summed E-state index contributed by atoms with van der Waals surface area (Å²) in [7, 11) is 0. The van der Waals surface area contributed by atoms with Crippen LogP contribution in [0.3, 0.4) is 0 Å². The molecule has 4 atom stereocenters. The summed E-state index contributed by atoms with van der Waals surface area (Å²) in [6.07, 6.45) is 1.70. The molecule has 2 aromatic carbocycles. The quantitative estimate of drug-likeness (QED) is 0.148. The molecule has 2 aromatic heterocycles. The topological polar surface area (TPSA) is 118 Å². The first-order valence-corrected chi connectivity index (χ1v) is 23.0. The van der Waals surface area contributed by atoms with Crippen LogP contribution in [0.2, 0.25) is 0 Å². The predicted molar refractivity (Wildman–Crippen MR) is 224 cm³/mol. The van der Waals surface area contributed by atoms with Gasteiger partial charge in [0.15, 0.2) is 21.9 Å². The molecule has 12 nitrogen and oxygen atoms in total. The highest BCUT2D eigenvalue weighted by molar-refractivity contribution is 9.10. The lowest BCUT2D eigenvalue weighted by molar-refractivity contribution is 0.0214. The summed E-state index contributed by atoms with van der Waals surface area (Å²) in [6.45, 7) is 14.5. The van der Waals surface area contributed by atoms with Crippen LogP contribution < -0.4 is 15.1 Å². The Morgan fingerprint density at radius 2 is 1.30 bits per heavy atom. The number of aromatic nitrogens is 4. The van der Waals surface area contributed by atoms with E-state index in [1.807, 2.05) is 32.6 Å². The summed E-state index contributed by atoms with van der Waals surface area (Å²) in [5.41, 5.74) is 3.91. The monoisotopic (exact) mass is 948 g/mol. The van der Waals surface area contributed by atoms with E-state index in [0.29, 0.717) is 81.9 Å². The number of nitrogens with one attached hydrogen (secondary N) is 1. The van der Waals surface area contributed by atoms with Gasteiger partial charge in [0.05, 0.1) is 58.2 Å². The number of benzene rings is 2. The number of nitrogens with zero attached hydrogens (tertiary/aromatic N) is 7. The third kappa shape index (κ3) is 7.05. The molecule has 0 radical (unpaired) electrons. The van der Waals surface area contributed by atoms with Crippen molar-refractivity contribution in [2.45, 2.75) is 114 Å². The molecule has 1 N–H and O–H groups in total. The zero-order valence-electron chi connectivity index (χ0n) is 32.4. The summed E-state index contributed by atoms with van der Waals surface area (Å²) < 4.78 is 48.3. The average molecular weight is 951 g/mol. The lowest BCUT2D eigenvalue weighted by Crippen LogP contribution is -2.50. The second-order valence-corrected chi connectivity index (χ2v) is 20.2. The van der Waals surface area contributed by atoms with Crippen LogP contribution in [-0.4, -0.2) is 98.4 Å². The van der Waals surface area contributed by atoms with Gasteiger partial charge in [0.2, 0.25) is 0 Å². The number of piperazine rings is 2. The number of hydrogen-bond donors (Lipinski definition) is 1. The summed E-state index contributed by atoms with van der Waals surface area (Å²) in [5.74, 6) is 2.60. The van der Waals surface area contributed by atoms with Gasteiger partial charge in [0, 0.05) is 49.4 Å². The maximum Gasteiger partial charge on any atom is 0.410 e. The number of thioether (sulfide) groups is 2. The van der Waals surface area contributed by atoms with Gasteiger partial charge in [-0.05, 0) is 88.1 Å². The lowest BCUT2D eigenvalue weighted by atomic mass is 10.0. The van der Waals surface area contributed by atoms with Crippen molar-refractivity contribution in [3.8, 4) is 0 Å². The first-order chi connectivity index (χ1) is 27.3. The Morgan fingerprint density at radius 3 is 1.74 bits per heavy atom. The second-order valence-electron chi connectivity index (χ2n) is 16.1. The molecule has 304 valence electrons. The highest BCUT2D eigenvalue weighted by Crippen LogP contribution is 2.45. The van der Waals surface area contributed by atoms with Crippen molar-refractivity contribution in [3.05, 3.63) is 42.8 Å². The third-order valence-corrected chi connectivity index (χ3v) is 14.5. The molecule has 1 amide bonds. The van der Waals surface area contributed by atoms with E-state index >= 15 is 8.78 Å². The number of likely N-dealkylation sites (tertiary alicyclic amines) is 1. The molecule has 6 aliphatic rings. The van der Waals surface area contributed by atoms with Gasteiger partial charge < -0.3 is 34.2 Å². The molecule has 57 heavy (non-hydrogen) atoms. The molecule has 8 heterocycles. The normalized spacial score (nSPS) is 23.2. The Bertz CT molecular complexity index is 2300. The summed E-state index contributed by atoms with van der Waals surface area (Å²) in [4.78, 5) is 37.9. The van der Waals surface area contributed by atoms with Crippen molar-refractivity contribution in [2.75, 3.05) is 47.5 Å². The van der Waals surface area contributed by atoms with Crippen molar-refractivity contribution < 1.29 is 27.8 Å². The lowest BCUT2D eigenvalue weighted by Gasteiger charge is -2.36. The van der Waals surface area contributed by atoms with E-state index in [1.54, 1.807) is 11.8 Å². The maximum atomic E-state index is 15.4. The van der Waals surface area contributed by atoms with Gasteiger partial charge in [-0.3, -0.25) is 0 Å². The summed E-state index contributed by atoms with van der Waals surface area (Å²) in [6, 6.07) is 1.08. The highest BCUT2D eigenvalue weighted by atomic mass is 79.9. The molecule has 10 rings (SSSR count). The van der Waals surface area contributed by atoms with Gasteiger partial charge in [-0.2, -0.15) is 0 Å². The number of anilines is 2. The van der Waals surface area contributed by atoms with Crippen molar-refractivity contribution in [1.29, 1.82) is 0 Å². The number of fused-ring (bicyclic) bond motifs is 10. The number of carbonyl (C=O) groups excluding carboxylic acids is 1.